The molecule has 3 aromatic carbocycles. The zero-order chi connectivity index (χ0) is 15.7. The number of phenolic OH excluding ortho intramolecular Hbond substituents is 2. The summed E-state index contributed by atoms with van der Waals surface area (Å²) in [6, 6.07) is 15.9. The van der Waals surface area contributed by atoms with Crippen molar-refractivity contribution in [2.24, 2.45) is 0 Å². The summed E-state index contributed by atoms with van der Waals surface area (Å²) in [7, 11) is -4.02. The van der Waals surface area contributed by atoms with Crippen LogP contribution in [0.15, 0.2) is 65.6 Å². The summed E-state index contributed by atoms with van der Waals surface area (Å²) in [5.41, 5.74) is 0.0510. The van der Waals surface area contributed by atoms with Gasteiger partial charge in [-0.3, -0.25) is 4.72 Å². The number of anilines is 1. The fraction of sp³-hybridized carbons (Fsp3) is 0. The van der Waals surface area contributed by atoms with Gasteiger partial charge in [0, 0.05) is 5.39 Å². The van der Waals surface area contributed by atoms with Gasteiger partial charge in [0.15, 0.2) is 0 Å². The highest BCUT2D eigenvalue weighted by Crippen LogP contribution is 2.33. The molecule has 5 nitrogen and oxygen atoms in total. The van der Waals surface area contributed by atoms with Gasteiger partial charge in [-0.2, -0.15) is 0 Å². The van der Waals surface area contributed by atoms with E-state index in [9.17, 15) is 18.6 Å². The molecule has 0 heterocycles. The highest BCUT2D eigenvalue weighted by molar-refractivity contribution is 7.92. The van der Waals surface area contributed by atoms with Crippen molar-refractivity contribution in [1.29, 1.82) is 0 Å². The Morgan fingerprint density at radius 3 is 2.27 bits per heavy atom. The summed E-state index contributed by atoms with van der Waals surface area (Å²) < 4.78 is 27.1. The Morgan fingerprint density at radius 1 is 0.818 bits per heavy atom. The molecule has 22 heavy (non-hydrogen) atoms. The molecule has 0 saturated heterocycles. The summed E-state index contributed by atoms with van der Waals surface area (Å²) in [4.78, 5) is -0.241. The number of hydrogen-bond acceptors (Lipinski definition) is 4. The van der Waals surface area contributed by atoms with E-state index in [4.69, 9.17) is 0 Å². The Morgan fingerprint density at radius 2 is 1.50 bits per heavy atom. The largest absolute Gasteiger partial charge is 0.506 e. The van der Waals surface area contributed by atoms with Crippen LogP contribution in [0, 0.1) is 0 Å². The van der Waals surface area contributed by atoms with Crippen molar-refractivity contribution < 1.29 is 18.6 Å². The molecule has 3 N–H and O–H groups in total. The monoisotopic (exact) mass is 315 g/mol. The van der Waals surface area contributed by atoms with Crippen LogP contribution < -0.4 is 4.72 Å². The minimum atomic E-state index is -4.02. The van der Waals surface area contributed by atoms with Crippen molar-refractivity contribution in [3.8, 4) is 11.5 Å². The van der Waals surface area contributed by atoms with E-state index in [0.29, 0.717) is 5.39 Å². The first-order chi connectivity index (χ1) is 10.5. The molecule has 0 spiro atoms. The lowest BCUT2D eigenvalue weighted by atomic mass is 10.1. The highest BCUT2D eigenvalue weighted by Gasteiger charge is 2.21. The van der Waals surface area contributed by atoms with Crippen LogP contribution in [0.5, 0.6) is 11.5 Å². The minimum Gasteiger partial charge on any atom is -0.506 e. The third-order valence-electron chi connectivity index (χ3n) is 3.30. The summed E-state index contributed by atoms with van der Waals surface area (Å²) in [6.07, 6.45) is 0. The Balaban J connectivity index is 2.10. The molecule has 0 aromatic heterocycles. The number of para-hydroxylation sites is 2. The number of phenols is 2. The van der Waals surface area contributed by atoms with E-state index in [0.717, 1.165) is 5.39 Å². The smallest absolute Gasteiger partial charge is 0.265 e. The topological polar surface area (TPSA) is 86.6 Å². The van der Waals surface area contributed by atoms with Crippen molar-refractivity contribution >= 4 is 26.5 Å². The quantitative estimate of drug-likeness (QED) is 0.648. The van der Waals surface area contributed by atoms with Crippen LogP contribution in [0.25, 0.3) is 10.8 Å². The van der Waals surface area contributed by atoms with Crippen molar-refractivity contribution in [1.82, 2.24) is 0 Å². The summed E-state index contributed by atoms with van der Waals surface area (Å²) >= 11 is 0. The van der Waals surface area contributed by atoms with Crippen molar-refractivity contribution in [2.75, 3.05) is 4.72 Å². The van der Waals surface area contributed by atoms with E-state index in [-0.39, 0.29) is 22.1 Å². The van der Waals surface area contributed by atoms with Gasteiger partial charge in [-0.25, -0.2) is 8.42 Å². The van der Waals surface area contributed by atoms with Gasteiger partial charge in [0.1, 0.15) is 16.4 Å². The number of aromatic hydroxyl groups is 2. The molecule has 0 amide bonds. The van der Waals surface area contributed by atoms with E-state index in [1.807, 2.05) is 0 Å². The second-order valence-electron chi connectivity index (χ2n) is 4.76. The van der Waals surface area contributed by atoms with Gasteiger partial charge >= 0.3 is 0 Å². The summed E-state index contributed by atoms with van der Waals surface area (Å²) in [5, 5.41) is 21.1. The van der Waals surface area contributed by atoms with Gasteiger partial charge < -0.3 is 10.2 Å². The highest BCUT2D eigenvalue weighted by atomic mass is 32.2. The second kappa shape index (κ2) is 5.23. The lowest BCUT2D eigenvalue weighted by molar-refractivity contribution is 0.465. The molecule has 3 aromatic rings. The zero-order valence-corrected chi connectivity index (χ0v) is 12.2. The Kier molecular flexibility index (Phi) is 3.38. The second-order valence-corrected chi connectivity index (χ2v) is 6.41. The van der Waals surface area contributed by atoms with E-state index in [2.05, 4.69) is 4.72 Å². The maximum Gasteiger partial charge on any atom is 0.265 e. The van der Waals surface area contributed by atoms with Crippen LogP contribution in [-0.2, 0) is 10.0 Å². The standard InChI is InChI=1S/C16H13NO4S/c18-14-8-4-3-7-13(14)17-22(20,21)15-10-9-11-5-1-2-6-12(11)16(15)19/h1-10,17-19H. The average Bonchev–Trinajstić information content (AvgIpc) is 2.50. The summed E-state index contributed by atoms with van der Waals surface area (Å²) in [5.74, 6) is -0.507. The van der Waals surface area contributed by atoms with E-state index >= 15 is 0 Å². The van der Waals surface area contributed by atoms with Gasteiger partial charge in [0.05, 0.1) is 5.69 Å². The molecule has 3 rings (SSSR count). The lowest BCUT2D eigenvalue weighted by Gasteiger charge is -2.12. The van der Waals surface area contributed by atoms with Gasteiger partial charge in [0.25, 0.3) is 10.0 Å². The first kappa shape index (κ1) is 14.2. The van der Waals surface area contributed by atoms with Crippen LogP contribution in [0.3, 0.4) is 0 Å². The first-order valence-electron chi connectivity index (χ1n) is 6.50. The Bertz CT molecular complexity index is 951. The minimum absolute atomic E-state index is 0.0510. The number of fused-ring (bicyclic) bond motifs is 1. The van der Waals surface area contributed by atoms with E-state index in [1.165, 1.54) is 18.2 Å². The molecule has 0 atom stereocenters. The fourth-order valence-corrected chi connectivity index (χ4v) is 3.40. The molecule has 0 bridgehead atoms. The maximum absolute atomic E-state index is 12.4. The molecule has 112 valence electrons. The number of sulfonamides is 1. The van der Waals surface area contributed by atoms with Gasteiger partial charge in [-0.15, -0.1) is 0 Å². The first-order valence-corrected chi connectivity index (χ1v) is 7.99. The predicted molar refractivity (Wildman–Crippen MR) is 84.5 cm³/mol. The van der Waals surface area contributed by atoms with Crippen LogP contribution >= 0.6 is 0 Å². The number of rotatable bonds is 3. The third-order valence-corrected chi connectivity index (χ3v) is 4.70. The van der Waals surface area contributed by atoms with Gasteiger partial charge in [0.2, 0.25) is 0 Å². The maximum atomic E-state index is 12.4. The molecule has 0 aliphatic heterocycles. The SMILES string of the molecule is O=S(=O)(Nc1ccccc1O)c1ccc2ccccc2c1O. The number of hydrogen-bond donors (Lipinski definition) is 3. The van der Waals surface area contributed by atoms with Crippen molar-refractivity contribution in [2.45, 2.75) is 4.90 Å². The third kappa shape index (κ3) is 2.44. The molecule has 0 radical (unpaired) electrons. The molecular weight excluding hydrogens is 302 g/mol. The molecular formula is C16H13NO4S. The molecule has 0 saturated carbocycles. The van der Waals surface area contributed by atoms with Crippen LogP contribution in [0.1, 0.15) is 0 Å². The van der Waals surface area contributed by atoms with Crippen LogP contribution in [0.4, 0.5) is 5.69 Å². The molecule has 6 heteroatoms. The Labute approximate surface area is 127 Å². The normalized spacial score (nSPS) is 11.5. The van der Waals surface area contributed by atoms with Gasteiger partial charge in [-0.05, 0) is 23.6 Å². The number of nitrogens with one attached hydrogen (secondary N) is 1. The van der Waals surface area contributed by atoms with Crippen LogP contribution in [0.2, 0.25) is 0 Å². The van der Waals surface area contributed by atoms with E-state index < -0.39 is 10.0 Å². The molecule has 0 unspecified atom stereocenters. The average molecular weight is 315 g/mol. The molecule has 0 fully saturated rings. The van der Waals surface area contributed by atoms with Crippen molar-refractivity contribution in [3.05, 3.63) is 60.7 Å². The zero-order valence-electron chi connectivity index (χ0n) is 11.4. The molecule has 0 aliphatic carbocycles. The number of benzene rings is 3. The lowest BCUT2D eigenvalue weighted by Crippen LogP contribution is -2.13. The predicted octanol–water partition coefficient (Wildman–Crippen LogP) is 3.05. The van der Waals surface area contributed by atoms with Crippen molar-refractivity contribution in [3.63, 3.8) is 0 Å². The summed E-state index contributed by atoms with van der Waals surface area (Å²) in [6.45, 7) is 0. The van der Waals surface area contributed by atoms with Crippen LogP contribution in [-0.4, -0.2) is 18.6 Å². The van der Waals surface area contributed by atoms with E-state index in [1.54, 1.807) is 42.5 Å². The molecule has 0 aliphatic rings. The Hall–Kier alpha value is -2.73. The van der Waals surface area contributed by atoms with Gasteiger partial charge in [-0.1, -0.05) is 42.5 Å². The fourth-order valence-electron chi connectivity index (χ4n) is 2.21.